The fourth-order valence-corrected chi connectivity index (χ4v) is 1.54. The zero-order valence-corrected chi connectivity index (χ0v) is 7.60. The van der Waals surface area contributed by atoms with Crippen LogP contribution >= 0.6 is 0 Å². The summed E-state index contributed by atoms with van der Waals surface area (Å²) < 4.78 is 13.4. The van der Waals surface area contributed by atoms with Gasteiger partial charge in [-0.3, -0.25) is 0 Å². The average molecular weight is 180 g/mol. The SMILES string of the molecule is Cc1cc(C2CCN2)c(F)cc1N. The number of hydrogen-bond donors (Lipinski definition) is 2. The Hall–Kier alpha value is -1.09. The molecule has 0 radical (unpaired) electrons. The van der Waals surface area contributed by atoms with Crippen LogP contribution < -0.4 is 11.1 Å². The Kier molecular flexibility index (Phi) is 1.96. The van der Waals surface area contributed by atoms with Crippen molar-refractivity contribution in [2.75, 3.05) is 12.3 Å². The minimum atomic E-state index is -0.194. The predicted octanol–water partition coefficient (Wildman–Crippen LogP) is 1.75. The molecule has 1 aliphatic heterocycles. The summed E-state index contributed by atoms with van der Waals surface area (Å²) >= 11 is 0. The van der Waals surface area contributed by atoms with Crippen molar-refractivity contribution >= 4 is 5.69 Å². The molecular weight excluding hydrogens is 167 g/mol. The Morgan fingerprint density at radius 2 is 2.23 bits per heavy atom. The van der Waals surface area contributed by atoms with Crippen molar-refractivity contribution in [2.24, 2.45) is 0 Å². The zero-order chi connectivity index (χ0) is 9.42. The highest BCUT2D eigenvalue weighted by atomic mass is 19.1. The second kappa shape index (κ2) is 3.00. The highest BCUT2D eigenvalue weighted by Crippen LogP contribution is 2.28. The second-order valence-electron chi connectivity index (χ2n) is 3.53. The van der Waals surface area contributed by atoms with Crippen molar-refractivity contribution in [1.29, 1.82) is 0 Å². The van der Waals surface area contributed by atoms with E-state index in [2.05, 4.69) is 5.32 Å². The van der Waals surface area contributed by atoms with Gasteiger partial charge in [-0.1, -0.05) is 0 Å². The highest BCUT2D eigenvalue weighted by molar-refractivity contribution is 5.49. The molecule has 1 fully saturated rings. The van der Waals surface area contributed by atoms with Crippen LogP contribution in [0.2, 0.25) is 0 Å². The molecule has 1 atom stereocenters. The molecule has 1 heterocycles. The predicted molar refractivity (Wildman–Crippen MR) is 50.9 cm³/mol. The van der Waals surface area contributed by atoms with Gasteiger partial charge in [0, 0.05) is 17.3 Å². The van der Waals surface area contributed by atoms with Gasteiger partial charge in [0.25, 0.3) is 0 Å². The monoisotopic (exact) mass is 180 g/mol. The molecule has 0 bridgehead atoms. The van der Waals surface area contributed by atoms with E-state index in [9.17, 15) is 4.39 Å². The first kappa shape index (κ1) is 8.51. The molecule has 1 aliphatic rings. The Labute approximate surface area is 76.9 Å². The summed E-state index contributed by atoms with van der Waals surface area (Å²) in [6.45, 7) is 2.88. The molecule has 2 rings (SSSR count). The molecule has 0 aliphatic carbocycles. The number of hydrogen-bond acceptors (Lipinski definition) is 2. The quantitative estimate of drug-likeness (QED) is 0.646. The van der Waals surface area contributed by atoms with E-state index in [1.54, 1.807) is 0 Å². The summed E-state index contributed by atoms with van der Waals surface area (Å²) in [7, 11) is 0. The third kappa shape index (κ3) is 1.40. The molecule has 1 saturated heterocycles. The van der Waals surface area contributed by atoms with Crippen molar-refractivity contribution in [3.63, 3.8) is 0 Å². The van der Waals surface area contributed by atoms with E-state index in [1.165, 1.54) is 6.07 Å². The van der Waals surface area contributed by atoms with Crippen LogP contribution in [-0.2, 0) is 0 Å². The van der Waals surface area contributed by atoms with Crippen LogP contribution in [0.5, 0.6) is 0 Å². The van der Waals surface area contributed by atoms with Crippen LogP contribution in [0.25, 0.3) is 0 Å². The maximum atomic E-state index is 13.4. The first-order chi connectivity index (χ1) is 6.18. The molecule has 0 aromatic heterocycles. The number of nitrogen functional groups attached to an aromatic ring is 1. The number of benzene rings is 1. The molecule has 2 nitrogen and oxygen atoms in total. The summed E-state index contributed by atoms with van der Waals surface area (Å²) in [4.78, 5) is 0. The lowest BCUT2D eigenvalue weighted by atomic mass is 9.95. The molecule has 13 heavy (non-hydrogen) atoms. The van der Waals surface area contributed by atoms with E-state index in [4.69, 9.17) is 5.73 Å². The van der Waals surface area contributed by atoms with Gasteiger partial charge in [0.1, 0.15) is 5.82 Å². The summed E-state index contributed by atoms with van der Waals surface area (Å²) in [5.74, 6) is -0.194. The lowest BCUT2D eigenvalue weighted by Crippen LogP contribution is -2.35. The fourth-order valence-electron chi connectivity index (χ4n) is 1.54. The van der Waals surface area contributed by atoms with Crippen LogP contribution in [0.4, 0.5) is 10.1 Å². The van der Waals surface area contributed by atoms with Gasteiger partial charge in [0.15, 0.2) is 0 Å². The largest absolute Gasteiger partial charge is 0.398 e. The zero-order valence-electron chi connectivity index (χ0n) is 7.60. The Morgan fingerprint density at radius 1 is 1.54 bits per heavy atom. The highest BCUT2D eigenvalue weighted by Gasteiger charge is 2.22. The number of halogens is 1. The van der Waals surface area contributed by atoms with Gasteiger partial charge >= 0.3 is 0 Å². The topological polar surface area (TPSA) is 38.0 Å². The molecule has 3 heteroatoms. The van der Waals surface area contributed by atoms with Crippen molar-refractivity contribution in [1.82, 2.24) is 5.32 Å². The van der Waals surface area contributed by atoms with Gasteiger partial charge in [-0.05, 0) is 37.6 Å². The molecule has 1 unspecified atom stereocenters. The van der Waals surface area contributed by atoms with E-state index in [-0.39, 0.29) is 11.9 Å². The summed E-state index contributed by atoms with van der Waals surface area (Å²) in [5.41, 5.74) is 7.81. The molecule has 0 saturated carbocycles. The second-order valence-corrected chi connectivity index (χ2v) is 3.53. The van der Waals surface area contributed by atoms with E-state index in [0.29, 0.717) is 5.69 Å². The molecular formula is C10H13FN2. The van der Waals surface area contributed by atoms with Crippen LogP contribution in [0.1, 0.15) is 23.6 Å². The maximum absolute atomic E-state index is 13.4. The Morgan fingerprint density at radius 3 is 2.77 bits per heavy atom. The van der Waals surface area contributed by atoms with Gasteiger partial charge in [-0.15, -0.1) is 0 Å². The Bertz CT molecular complexity index is 332. The number of nitrogens with one attached hydrogen (secondary N) is 1. The molecule has 1 aromatic carbocycles. The summed E-state index contributed by atoms with van der Waals surface area (Å²) in [6, 6.07) is 3.44. The normalized spacial score (nSPS) is 21.2. The number of nitrogens with two attached hydrogens (primary N) is 1. The van der Waals surface area contributed by atoms with Gasteiger partial charge in [0.05, 0.1) is 0 Å². The van der Waals surface area contributed by atoms with Crippen molar-refractivity contribution in [3.05, 3.63) is 29.1 Å². The smallest absolute Gasteiger partial charge is 0.130 e. The van der Waals surface area contributed by atoms with E-state index >= 15 is 0 Å². The maximum Gasteiger partial charge on any atom is 0.130 e. The molecule has 0 spiro atoms. The van der Waals surface area contributed by atoms with Gasteiger partial charge in [0.2, 0.25) is 0 Å². The summed E-state index contributed by atoms with van der Waals surface area (Å²) in [6.07, 6.45) is 1.01. The number of anilines is 1. The lowest BCUT2D eigenvalue weighted by molar-refractivity contribution is 0.370. The van der Waals surface area contributed by atoms with Crippen molar-refractivity contribution in [2.45, 2.75) is 19.4 Å². The van der Waals surface area contributed by atoms with Gasteiger partial charge < -0.3 is 11.1 Å². The van der Waals surface area contributed by atoms with E-state index in [1.807, 2.05) is 13.0 Å². The Balaban J connectivity index is 2.39. The van der Waals surface area contributed by atoms with Crippen LogP contribution in [0.3, 0.4) is 0 Å². The third-order valence-corrected chi connectivity index (χ3v) is 2.58. The first-order valence-corrected chi connectivity index (χ1v) is 4.47. The number of rotatable bonds is 1. The first-order valence-electron chi connectivity index (χ1n) is 4.47. The molecule has 1 aromatic rings. The standard InChI is InChI=1S/C10H13FN2/c1-6-4-7(10-2-3-13-10)8(11)5-9(6)12/h4-5,10,13H,2-3,12H2,1H3. The average Bonchev–Trinajstić information content (AvgIpc) is 1.96. The molecule has 0 amide bonds. The van der Waals surface area contributed by atoms with Gasteiger partial charge in [-0.25, -0.2) is 4.39 Å². The third-order valence-electron chi connectivity index (χ3n) is 2.58. The van der Waals surface area contributed by atoms with Crippen LogP contribution in [0.15, 0.2) is 12.1 Å². The molecule has 70 valence electrons. The lowest BCUT2D eigenvalue weighted by Gasteiger charge is -2.28. The van der Waals surface area contributed by atoms with Crippen LogP contribution in [0, 0.1) is 12.7 Å². The van der Waals surface area contributed by atoms with Gasteiger partial charge in [-0.2, -0.15) is 0 Å². The molecule has 3 N–H and O–H groups in total. The van der Waals surface area contributed by atoms with Crippen LogP contribution in [-0.4, -0.2) is 6.54 Å². The fraction of sp³-hybridized carbons (Fsp3) is 0.400. The van der Waals surface area contributed by atoms with Crippen molar-refractivity contribution < 1.29 is 4.39 Å². The summed E-state index contributed by atoms with van der Waals surface area (Å²) in [5, 5.41) is 3.17. The minimum absolute atomic E-state index is 0.194. The minimum Gasteiger partial charge on any atom is -0.398 e. The van der Waals surface area contributed by atoms with E-state index in [0.717, 1.165) is 24.1 Å². The van der Waals surface area contributed by atoms with E-state index < -0.39 is 0 Å². The number of aryl methyl sites for hydroxylation is 1. The van der Waals surface area contributed by atoms with Crippen molar-refractivity contribution in [3.8, 4) is 0 Å².